The topological polar surface area (TPSA) is 59.2 Å². The summed E-state index contributed by atoms with van der Waals surface area (Å²) >= 11 is 5.86. The number of nitrogens with zero attached hydrogens (tertiary/aromatic N) is 3. The summed E-state index contributed by atoms with van der Waals surface area (Å²) in [6.07, 6.45) is 1.12. The molecule has 5 nitrogen and oxygen atoms in total. The first kappa shape index (κ1) is 13.1. The molecule has 2 aromatic rings. The zero-order chi connectivity index (χ0) is 14.1. The lowest BCUT2D eigenvalue weighted by Gasteiger charge is -2.15. The van der Waals surface area contributed by atoms with Crippen molar-refractivity contribution in [3.8, 4) is 0 Å². The van der Waals surface area contributed by atoms with E-state index in [2.05, 4.69) is 10.1 Å². The fourth-order valence-electron chi connectivity index (χ4n) is 2.32. The van der Waals surface area contributed by atoms with Gasteiger partial charge in [-0.3, -0.25) is 4.79 Å². The maximum absolute atomic E-state index is 12.1. The Hall–Kier alpha value is -1.88. The Kier molecular flexibility index (Phi) is 3.44. The Balaban J connectivity index is 1.79. The van der Waals surface area contributed by atoms with Gasteiger partial charge >= 0.3 is 0 Å². The van der Waals surface area contributed by atoms with Gasteiger partial charge in [0.2, 0.25) is 11.8 Å². The maximum Gasteiger partial charge on any atom is 0.232 e. The monoisotopic (exact) mass is 291 g/mol. The molecule has 0 N–H and O–H groups in total. The van der Waals surface area contributed by atoms with Gasteiger partial charge in [0.1, 0.15) is 0 Å². The highest BCUT2D eigenvalue weighted by Gasteiger charge is 2.34. The second-order valence-electron chi connectivity index (χ2n) is 4.78. The van der Waals surface area contributed by atoms with Crippen molar-refractivity contribution in [3.05, 3.63) is 41.0 Å². The van der Waals surface area contributed by atoms with E-state index in [1.807, 2.05) is 19.1 Å². The third-order valence-electron chi connectivity index (χ3n) is 3.41. The zero-order valence-corrected chi connectivity index (χ0v) is 11.8. The summed E-state index contributed by atoms with van der Waals surface area (Å²) in [7, 11) is 0. The van der Waals surface area contributed by atoms with E-state index in [1.54, 1.807) is 17.0 Å². The highest BCUT2D eigenvalue weighted by molar-refractivity contribution is 6.30. The molecule has 104 valence electrons. The number of benzene rings is 1. The van der Waals surface area contributed by atoms with E-state index < -0.39 is 0 Å². The number of anilines is 1. The highest BCUT2D eigenvalue weighted by atomic mass is 35.5. The maximum atomic E-state index is 12.1. The number of hydrogen-bond donors (Lipinski definition) is 0. The van der Waals surface area contributed by atoms with Gasteiger partial charge in [-0.05, 0) is 24.3 Å². The van der Waals surface area contributed by atoms with E-state index in [4.69, 9.17) is 16.1 Å². The van der Waals surface area contributed by atoms with Gasteiger partial charge in [-0.15, -0.1) is 0 Å². The lowest BCUT2D eigenvalue weighted by Crippen LogP contribution is -2.24. The van der Waals surface area contributed by atoms with Crippen LogP contribution >= 0.6 is 11.6 Å². The number of carbonyl (C=O) groups is 1. The zero-order valence-electron chi connectivity index (χ0n) is 11.0. The molecule has 1 saturated heterocycles. The minimum Gasteiger partial charge on any atom is -0.339 e. The quantitative estimate of drug-likeness (QED) is 0.872. The molecule has 6 heteroatoms. The van der Waals surface area contributed by atoms with E-state index >= 15 is 0 Å². The van der Waals surface area contributed by atoms with Crippen molar-refractivity contribution in [1.82, 2.24) is 10.1 Å². The first-order valence-corrected chi connectivity index (χ1v) is 6.93. The van der Waals surface area contributed by atoms with Crippen LogP contribution in [0.25, 0.3) is 0 Å². The predicted octanol–water partition coefficient (Wildman–Crippen LogP) is 2.81. The fraction of sp³-hybridized carbons (Fsp3) is 0.357. The molecular formula is C14H14ClN3O2. The second-order valence-corrected chi connectivity index (χ2v) is 5.22. The molecule has 0 spiro atoms. The van der Waals surface area contributed by atoms with E-state index in [0.717, 1.165) is 12.1 Å². The van der Waals surface area contributed by atoms with Gasteiger partial charge in [-0.2, -0.15) is 4.98 Å². The number of rotatable bonds is 3. The van der Waals surface area contributed by atoms with Gasteiger partial charge < -0.3 is 9.42 Å². The number of aryl methyl sites for hydroxylation is 1. The molecule has 1 atom stereocenters. The predicted molar refractivity (Wildman–Crippen MR) is 74.8 cm³/mol. The number of aromatic nitrogens is 2. The van der Waals surface area contributed by atoms with E-state index in [-0.39, 0.29) is 11.8 Å². The van der Waals surface area contributed by atoms with Gasteiger partial charge in [0, 0.05) is 30.1 Å². The Labute approximate surface area is 121 Å². The Bertz CT molecular complexity index is 624. The minimum absolute atomic E-state index is 0.0361. The van der Waals surface area contributed by atoms with Crippen LogP contribution < -0.4 is 4.90 Å². The molecule has 1 aromatic carbocycles. The van der Waals surface area contributed by atoms with Crippen LogP contribution in [0.5, 0.6) is 0 Å². The number of hydrogen-bond acceptors (Lipinski definition) is 4. The van der Waals surface area contributed by atoms with Crippen LogP contribution in [0.15, 0.2) is 28.8 Å². The van der Waals surface area contributed by atoms with Gasteiger partial charge in [-0.1, -0.05) is 23.7 Å². The normalized spacial score (nSPS) is 18.8. The number of amides is 1. The molecule has 0 aliphatic carbocycles. The van der Waals surface area contributed by atoms with Gasteiger partial charge in [-0.25, -0.2) is 0 Å². The third-order valence-corrected chi connectivity index (χ3v) is 3.66. The van der Waals surface area contributed by atoms with Crippen molar-refractivity contribution in [1.29, 1.82) is 0 Å². The molecule has 1 aromatic heterocycles. The standard InChI is InChI=1S/C14H14ClN3O2/c1-2-12-16-14(20-17-12)9-7-13(19)18(8-9)11-5-3-10(15)4-6-11/h3-6,9H,2,7-8H2,1H3/t9-/m0/s1. The summed E-state index contributed by atoms with van der Waals surface area (Å²) in [6.45, 7) is 2.53. The first-order chi connectivity index (χ1) is 9.67. The molecule has 1 aliphatic rings. The van der Waals surface area contributed by atoms with Crippen molar-refractivity contribution >= 4 is 23.2 Å². The minimum atomic E-state index is -0.0361. The van der Waals surface area contributed by atoms with Gasteiger partial charge in [0.25, 0.3) is 0 Å². The molecule has 1 fully saturated rings. The van der Waals surface area contributed by atoms with Crippen LogP contribution in [0.1, 0.15) is 31.0 Å². The average molecular weight is 292 g/mol. The molecule has 0 unspecified atom stereocenters. The molecule has 2 heterocycles. The second kappa shape index (κ2) is 5.25. The van der Waals surface area contributed by atoms with Crippen LogP contribution in [0.4, 0.5) is 5.69 Å². The molecule has 1 aliphatic heterocycles. The van der Waals surface area contributed by atoms with Crippen LogP contribution in [0.2, 0.25) is 5.02 Å². The lowest BCUT2D eigenvalue weighted by molar-refractivity contribution is -0.117. The fourth-order valence-corrected chi connectivity index (χ4v) is 2.45. The van der Waals surface area contributed by atoms with E-state index in [1.165, 1.54) is 0 Å². The van der Waals surface area contributed by atoms with Crippen LogP contribution in [0, 0.1) is 0 Å². The molecule has 0 bridgehead atoms. The average Bonchev–Trinajstić information content (AvgIpc) is 3.06. The molecule has 0 saturated carbocycles. The molecular weight excluding hydrogens is 278 g/mol. The molecule has 3 rings (SSSR count). The Morgan fingerprint density at radius 3 is 2.80 bits per heavy atom. The summed E-state index contributed by atoms with van der Waals surface area (Å²) in [6, 6.07) is 7.24. The SMILES string of the molecule is CCc1noc([C@H]2CC(=O)N(c3ccc(Cl)cc3)C2)n1. The number of halogens is 1. The van der Waals surface area contributed by atoms with Crippen molar-refractivity contribution in [2.45, 2.75) is 25.7 Å². The van der Waals surface area contributed by atoms with E-state index in [0.29, 0.717) is 29.7 Å². The third kappa shape index (κ3) is 2.41. The van der Waals surface area contributed by atoms with Gasteiger partial charge in [0.15, 0.2) is 5.82 Å². The summed E-state index contributed by atoms with van der Waals surface area (Å²) in [5.74, 6) is 1.25. The van der Waals surface area contributed by atoms with Gasteiger partial charge in [0.05, 0.1) is 5.92 Å². The summed E-state index contributed by atoms with van der Waals surface area (Å²) in [5.41, 5.74) is 0.845. The van der Waals surface area contributed by atoms with Crippen LogP contribution in [-0.2, 0) is 11.2 Å². The van der Waals surface area contributed by atoms with Crippen molar-refractivity contribution in [2.75, 3.05) is 11.4 Å². The summed E-state index contributed by atoms with van der Waals surface area (Å²) in [4.78, 5) is 18.2. The van der Waals surface area contributed by atoms with E-state index in [9.17, 15) is 4.79 Å². The number of carbonyl (C=O) groups excluding carboxylic acids is 1. The highest BCUT2D eigenvalue weighted by Crippen LogP contribution is 2.31. The van der Waals surface area contributed by atoms with Crippen LogP contribution in [0.3, 0.4) is 0 Å². The van der Waals surface area contributed by atoms with Crippen molar-refractivity contribution in [2.24, 2.45) is 0 Å². The van der Waals surface area contributed by atoms with Crippen molar-refractivity contribution in [3.63, 3.8) is 0 Å². The lowest BCUT2D eigenvalue weighted by atomic mass is 10.1. The Morgan fingerprint density at radius 2 is 2.15 bits per heavy atom. The molecule has 1 amide bonds. The summed E-state index contributed by atoms with van der Waals surface area (Å²) < 4.78 is 5.23. The molecule has 0 radical (unpaired) electrons. The molecule has 20 heavy (non-hydrogen) atoms. The van der Waals surface area contributed by atoms with Crippen LogP contribution in [-0.4, -0.2) is 22.6 Å². The Morgan fingerprint density at radius 1 is 1.40 bits per heavy atom. The first-order valence-electron chi connectivity index (χ1n) is 6.55. The largest absolute Gasteiger partial charge is 0.339 e. The van der Waals surface area contributed by atoms with Crippen molar-refractivity contribution < 1.29 is 9.32 Å². The smallest absolute Gasteiger partial charge is 0.232 e. The summed E-state index contributed by atoms with van der Waals surface area (Å²) in [5, 5.41) is 4.53.